The van der Waals surface area contributed by atoms with Crippen LogP contribution in [-0.2, 0) is 4.84 Å². The normalized spacial score (nSPS) is 10.4. The van der Waals surface area contributed by atoms with Crippen LogP contribution in [-0.4, -0.2) is 13.3 Å². The zero-order valence-electron chi connectivity index (χ0n) is 6.26. The molecule has 54 valence electrons. The first kappa shape index (κ1) is 8.47. The van der Waals surface area contributed by atoms with Crippen molar-refractivity contribution in [2.24, 2.45) is 5.16 Å². The summed E-state index contributed by atoms with van der Waals surface area (Å²) < 4.78 is 0. The molecule has 0 aromatic rings. The molecule has 2 nitrogen and oxygen atoms in total. The Balaban J connectivity index is 2.82. The predicted molar refractivity (Wildman–Crippen MR) is 39.6 cm³/mol. The minimum Gasteiger partial charge on any atom is -0.399 e. The highest BCUT2D eigenvalue weighted by atomic mass is 16.6. The largest absolute Gasteiger partial charge is 0.399 e. The van der Waals surface area contributed by atoms with E-state index in [4.69, 9.17) is 0 Å². The van der Waals surface area contributed by atoms with Gasteiger partial charge in [-0.25, -0.2) is 0 Å². The van der Waals surface area contributed by atoms with Crippen molar-refractivity contribution in [3.05, 3.63) is 0 Å². The first-order chi connectivity index (χ1) is 4.41. The van der Waals surface area contributed by atoms with Gasteiger partial charge >= 0.3 is 0 Å². The molecule has 0 spiro atoms. The number of hydrogen-bond donors (Lipinski definition) is 0. The highest BCUT2D eigenvalue weighted by Crippen LogP contribution is 1.95. The summed E-state index contributed by atoms with van der Waals surface area (Å²) in [5.74, 6) is 0. The van der Waals surface area contributed by atoms with Crippen molar-refractivity contribution in [3.8, 4) is 0 Å². The Morgan fingerprint density at radius 1 is 1.44 bits per heavy atom. The second kappa shape index (κ2) is 7.47. The minimum absolute atomic E-state index is 1.04. The van der Waals surface area contributed by atoms with Crippen LogP contribution in [0.3, 0.4) is 0 Å². The Bertz CT molecular complexity index is 71.3. The highest BCUT2D eigenvalue weighted by molar-refractivity contribution is 5.55. The van der Waals surface area contributed by atoms with Gasteiger partial charge in [-0.15, -0.1) is 0 Å². The van der Waals surface area contributed by atoms with Gasteiger partial charge in [-0.2, -0.15) is 0 Å². The van der Waals surface area contributed by atoms with Gasteiger partial charge in [-0.3, -0.25) is 0 Å². The van der Waals surface area contributed by atoms with E-state index >= 15 is 0 Å². The molecule has 0 fully saturated rings. The van der Waals surface area contributed by atoms with Crippen molar-refractivity contribution in [1.29, 1.82) is 0 Å². The van der Waals surface area contributed by atoms with Crippen molar-refractivity contribution in [1.82, 2.24) is 0 Å². The van der Waals surface area contributed by atoms with Crippen LogP contribution in [0.4, 0.5) is 0 Å². The average Bonchev–Trinajstić information content (AvgIpc) is 1.89. The van der Waals surface area contributed by atoms with Crippen LogP contribution >= 0.6 is 0 Å². The van der Waals surface area contributed by atoms with E-state index < -0.39 is 0 Å². The van der Waals surface area contributed by atoms with E-state index in [1.165, 1.54) is 19.3 Å². The van der Waals surface area contributed by atoms with Gasteiger partial charge in [0.1, 0.15) is 7.11 Å². The Morgan fingerprint density at radius 3 is 2.78 bits per heavy atom. The van der Waals surface area contributed by atoms with Crippen molar-refractivity contribution in [2.75, 3.05) is 7.11 Å². The summed E-state index contributed by atoms with van der Waals surface area (Å²) in [5.41, 5.74) is 0. The minimum atomic E-state index is 1.04. The van der Waals surface area contributed by atoms with Gasteiger partial charge < -0.3 is 4.84 Å². The highest BCUT2D eigenvalue weighted by Gasteiger charge is 1.80. The molecular weight excluding hydrogens is 114 g/mol. The van der Waals surface area contributed by atoms with E-state index in [-0.39, 0.29) is 0 Å². The van der Waals surface area contributed by atoms with Gasteiger partial charge in [0.05, 0.1) is 0 Å². The standard InChI is InChI=1S/C7H15NO/c1-3-4-5-6-7-8-9-2/h7H,3-6H2,1-2H3/b8-7-. The summed E-state index contributed by atoms with van der Waals surface area (Å²) in [6.45, 7) is 2.19. The fourth-order valence-electron chi connectivity index (χ4n) is 0.613. The second-order valence-electron chi connectivity index (χ2n) is 1.97. The molecular formula is C7H15NO. The van der Waals surface area contributed by atoms with Crippen LogP contribution in [0.1, 0.15) is 32.6 Å². The molecule has 0 aliphatic carbocycles. The van der Waals surface area contributed by atoms with Crippen LogP contribution in [0.15, 0.2) is 5.16 Å². The average molecular weight is 129 g/mol. The molecule has 0 amide bonds. The fraction of sp³-hybridized carbons (Fsp3) is 0.857. The Hall–Kier alpha value is -0.530. The molecule has 0 atom stereocenters. The third-order valence-electron chi connectivity index (χ3n) is 1.12. The van der Waals surface area contributed by atoms with E-state index in [1.54, 1.807) is 7.11 Å². The van der Waals surface area contributed by atoms with Gasteiger partial charge in [0.25, 0.3) is 0 Å². The maximum absolute atomic E-state index is 4.49. The van der Waals surface area contributed by atoms with Gasteiger partial charge in [0.15, 0.2) is 0 Å². The molecule has 0 radical (unpaired) electrons. The molecule has 0 aromatic heterocycles. The zero-order valence-corrected chi connectivity index (χ0v) is 6.26. The molecule has 0 aliphatic heterocycles. The number of nitrogens with zero attached hydrogens (tertiary/aromatic N) is 1. The predicted octanol–water partition coefficient (Wildman–Crippen LogP) is 2.20. The zero-order chi connectivity index (χ0) is 6.95. The SMILES string of the molecule is CCCCC/C=N\OC. The summed E-state index contributed by atoms with van der Waals surface area (Å²) >= 11 is 0. The molecule has 0 unspecified atom stereocenters. The lowest BCUT2D eigenvalue weighted by molar-refractivity contribution is 0.214. The van der Waals surface area contributed by atoms with Crippen molar-refractivity contribution >= 4 is 6.21 Å². The lowest BCUT2D eigenvalue weighted by Crippen LogP contribution is -1.77. The lowest BCUT2D eigenvalue weighted by Gasteiger charge is -1.89. The third kappa shape index (κ3) is 7.47. The summed E-state index contributed by atoms with van der Waals surface area (Å²) in [7, 11) is 1.57. The quantitative estimate of drug-likeness (QED) is 0.317. The maximum atomic E-state index is 4.49. The fourth-order valence-corrected chi connectivity index (χ4v) is 0.613. The molecule has 0 aliphatic rings. The summed E-state index contributed by atoms with van der Waals surface area (Å²) in [4.78, 5) is 4.49. The van der Waals surface area contributed by atoms with Crippen LogP contribution in [0, 0.1) is 0 Å². The summed E-state index contributed by atoms with van der Waals surface area (Å²) in [6, 6.07) is 0. The monoisotopic (exact) mass is 129 g/mol. The van der Waals surface area contributed by atoms with Gasteiger partial charge in [0.2, 0.25) is 0 Å². The van der Waals surface area contributed by atoms with Crippen molar-refractivity contribution in [2.45, 2.75) is 32.6 Å². The Kier molecular flexibility index (Phi) is 7.03. The first-order valence-electron chi connectivity index (χ1n) is 3.46. The van der Waals surface area contributed by atoms with E-state index in [0.717, 1.165) is 6.42 Å². The number of hydrogen-bond acceptors (Lipinski definition) is 2. The van der Waals surface area contributed by atoms with Gasteiger partial charge in [-0.05, 0) is 12.8 Å². The molecule has 2 heteroatoms. The molecule has 0 rings (SSSR count). The van der Waals surface area contributed by atoms with Crippen LogP contribution in [0.5, 0.6) is 0 Å². The Labute approximate surface area is 56.9 Å². The third-order valence-corrected chi connectivity index (χ3v) is 1.12. The topological polar surface area (TPSA) is 21.6 Å². The number of unbranched alkanes of at least 4 members (excludes halogenated alkanes) is 3. The molecule has 0 bridgehead atoms. The number of oxime groups is 1. The summed E-state index contributed by atoms with van der Waals surface area (Å²) in [6.07, 6.45) is 6.64. The van der Waals surface area contributed by atoms with E-state index in [9.17, 15) is 0 Å². The molecule has 0 heterocycles. The van der Waals surface area contributed by atoms with Crippen molar-refractivity contribution < 1.29 is 4.84 Å². The smallest absolute Gasteiger partial charge is 0.106 e. The molecule has 0 saturated carbocycles. The van der Waals surface area contributed by atoms with Gasteiger partial charge in [-0.1, -0.05) is 24.9 Å². The molecule has 0 saturated heterocycles. The lowest BCUT2D eigenvalue weighted by atomic mass is 10.2. The number of rotatable bonds is 5. The molecule has 0 aromatic carbocycles. The van der Waals surface area contributed by atoms with Gasteiger partial charge in [0, 0.05) is 6.21 Å². The molecule has 0 N–H and O–H groups in total. The summed E-state index contributed by atoms with van der Waals surface area (Å²) in [5, 5.41) is 3.62. The van der Waals surface area contributed by atoms with E-state index in [1.807, 2.05) is 6.21 Å². The first-order valence-corrected chi connectivity index (χ1v) is 3.46. The molecule has 9 heavy (non-hydrogen) atoms. The van der Waals surface area contributed by atoms with E-state index in [2.05, 4.69) is 16.9 Å². The van der Waals surface area contributed by atoms with E-state index in [0.29, 0.717) is 0 Å². The van der Waals surface area contributed by atoms with Crippen LogP contribution in [0.25, 0.3) is 0 Å². The maximum Gasteiger partial charge on any atom is 0.106 e. The second-order valence-corrected chi connectivity index (χ2v) is 1.97. The Morgan fingerprint density at radius 2 is 2.22 bits per heavy atom. The van der Waals surface area contributed by atoms with Crippen LogP contribution in [0.2, 0.25) is 0 Å². The van der Waals surface area contributed by atoms with Crippen LogP contribution < -0.4 is 0 Å². The van der Waals surface area contributed by atoms with Crippen molar-refractivity contribution in [3.63, 3.8) is 0 Å².